The number of hydrogen-bond acceptors (Lipinski definition) is 3. The lowest BCUT2D eigenvalue weighted by Crippen LogP contribution is -2.34. The zero-order valence-corrected chi connectivity index (χ0v) is 30.3. The summed E-state index contributed by atoms with van der Waals surface area (Å²) in [6.45, 7) is 6.83. The van der Waals surface area contributed by atoms with Crippen LogP contribution < -0.4 is 9.47 Å². The van der Waals surface area contributed by atoms with Crippen LogP contribution in [0.25, 0.3) is 16.3 Å². The second-order valence-electron chi connectivity index (χ2n) is 13.0. The van der Waals surface area contributed by atoms with E-state index in [0.29, 0.717) is 0 Å². The Morgan fingerprint density at radius 1 is 0.622 bits per heavy atom. The summed E-state index contributed by atoms with van der Waals surface area (Å²) in [6, 6.07) is 17.9. The number of anilines is 1. The van der Waals surface area contributed by atoms with Crippen molar-refractivity contribution in [2.75, 3.05) is 11.4 Å². The quantitative estimate of drug-likeness (QED) is 0.0707. The van der Waals surface area contributed by atoms with Gasteiger partial charge in [-0.3, -0.25) is 0 Å². The number of para-hydroxylation sites is 2. The maximum atomic E-state index is 2.57. The summed E-state index contributed by atoms with van der Waals surface area (Å²) in [7, 11) is 0. The van der Waals surface area contributed by atoms with E-state index >= 15 is 0 Å². The van der Waals surface area contributed by atoms with Gasteiger partial charge in [-0.1, -0.05) is 176 Å². The van der Waals surface area contributed by atoms with Crippen molar-refractivity contribution in [1.82, 2.24) is 0 Å². The number of aromatic nitrogens is 1. The van der Waals surface area contributed by atoms with Crippen LogP contribution in [-0.2, 0) is 6.54 Å². The maximum Gasteiger partial charge on any atom is 0.262 e. The minimum absolute atomic E-state index is 1.11. The van der Waals surface area contributed by atoms with Gasteiger partial charge in [0.1, 0.15) is 4.70 Å². The first-order valence-corrected chi connectivity index (χ1v) is 20.3. The van der Waals surface area contributed by atoms with E-state index in [1.54, 1.807) is 0 Å². The van der Waals surface area contributed by atoms with E-state index in [2.05, 4.69) is 90.1 Å². The lowest BCUT2D eigenvalue weighted by molar-refractivity contribution is -0.669. The van der Waals surface area contributed by atoms with Crippen LogP contribution in [0.3, 0.4) is 0 Å². The standard InChI is InChI=1S/C41H61N2S2/c1-3-5-7-9-11-13-15-17-19-25-34-42-36-28-21-23-30-38(36)44-40(42)32-27-33-41-43(37-29-22-24-31-39(37)45-41)35-26-20-18-16-14-12-10-8-6-4-2/h21-24,27-33H,3-20,25-26,34-35H2,1-2H3/q+1. The largest absolute Gasteiger partial charge is 0.335 e. The predicted octanol–water partition coefficient (Wildman–Crippen LogP) is 13.5. The highest BCUT2D eigenvalue weighted by Crippen LogP contribution is 2.46. The molecule has 0 saturated heterocycles. The molecular formula is C41H61N2S2+. The van der Waals surface area contributed by atoms with Gasteiger partial charge in [0, 0.05) is 30.0 Å². The Morgan fingerprint density at radius 2 is 1.18 bits per heavy atom. The van der Waals surface area contributed by atoms with Crippen LogP contribution in [-0.4, -0.2) is 6.54 Å². The number of thioether (sulfide) groups is 1. The second kappa shape index (κ2) is 21.7. The van der Waals surface area contributed by atoms with Gasteiger partial charge < -0.3 is 4.90 Å². The van der Waals surface area contributed by atoms with Crippen LogP contribution in [0.2, 0.25) is 0 Å². The summed E-state index contributed by atoms with van der Waals surface area (Å²) in [6.07, 6.45) is 34.7. The van der Waals surface area contributed by atoms with Crippen LogP contribution in [0.5, 0.6) is 0 Å². The molecule has 0 radical (unpaired) electrons. The van der Waals surface area contributed by atoms with Crippen LogP contribution >= 0.6 is 23.1 Å². The SMILES string of the molecule is CCCCCCCCCCCCN1C(=CC=Cc2sc3ccccc3[n+]2CCCCCCCCCCCC)Sc2ccccc21. The van der Waals surface area contributed by atoms with E-state index in [9.17, 15) is 0 Å². The Bertz CT molecular complexity index is 1290. The van der Waals surface area contributed by atoms with E-state index in [4.69, 9.17) is 0 Å². The van der Waals surface area contributed by atoms with Gasteiger partial charge in [0.2, 0.25) is 5.52 Å². The lowest BCUT2D eigenvalue weighted by Gasteiger charge is -2.20. The van der Waals surface area contributed by atoms with Gasteiger partial charge in [-0.05, 0) is 37.1 Å². The molecule has 0 amide bonds. The van der Waals surface area contributed by atoms with Crippen LogP contribution in [0.4, 0.5) is 5.69 Å². The first-order chi connectivity index (χ1) is 22.3. The molecule has 4 heteroatoms. The fourth-order valence-electron chi connectivity index (χ4n) is 6.54. The van der Waals surface area contributed by atoms with E-state index in [-0.39, 0.29) is 0 Å². The molecule has 2 nitrogen and oxygen atoms in total. The summed E-state index contributed by atoms with van der Waals surface area (Å²) in [5.74, 6) is 0. The highest BCUT2D eigenvalue weighted by atomic mass is 32.2. The van der Waals surface area contributed by atoms with Crippen molar-refractivity contribution in [2.45, 2.75) is 154 Å². The molecule has 0 atom stereocenters. The highest BCUT2D eigenvalue weighted by molar-refractivity contribution is 8.03. The van der Waals surface area contributed by atoms with E-state index < -0.39 is 0 Å². The fraction of sp³-hybridized carbons (Fsp3) is 0.585. The van der Waals surface area contributed by atoms with Gasteiger partial charge in [0.25, 0.3) is 5.01 Å². The summed E-state index contributed by atoms with van der Waals surface area (Å²) in [5.41, 5.74) is 2.77. The number of unbranched alkanes of at least 4 members (excludes halogenated alkanes) is 18. The molecule has 0 fully saturated rings. The summed E-state index contributed by atoms with van der Waals surface area (Å²) < 4.78 is 3.96. The number of allylic oxidation sites excluding steroid dienone is 2. The van der Waals surface area contributed by atoms with E-state index in [1.807, 2.05) is 23.1 Å². The average Bonchev–Trinajstić information content (AvgIpc) is 3.60. The van der Waals surface area contributed by atoms with Crippen molar-refractivity contribution < 1.29 is 4.57 Å². The number of thiazole rings is 1. The molecule has 4 rings (SSSR count). The second-order valence-corrected chi connectivity index (χ2v) is 15.1. The molecule has 0 N–H and O–H groups in total. The third-order valence-corrected chi connectivity index (χ3v) is 11.5. The Labute approximate surface area is 284 Å². The number of hydrogen-bond donors (Lipinski definition) is 0. The minimum Gasteiger partial charge on any atom is -0.335 e. The van der Waals surface area contributed by atoms with Gasteiger partial charge >= 0.3 is 0 Å². The van der Waals surface area contributed by atoms with Gasteiger partial charge in [-0.25, -0.2) is 0 Å². The van der Waals surface area contributed by atoms with Crippen molar-refractivity contribution >= 4 is 45.1 Å². The van der Waals surface area contributed by atoms with E-state index in [1.165, 1.54) is 159 Å². The Morgan fingerprint density at radius 3 is 1.84 bits per heavy atom. The van der Waals surface area contributed by atoms with Crippen molar-refractivity contribution in [3.63, 3.8) is 0 Å². The number of rotatable bonds is 24. The molecule has 1 aromatic heterocycles. The Balaban J connectivity index is 1.29. The fourth-order valence-corrected chi connectivity index (χ4v) is 8.74. The molecule has 45 heavy (non-hydrogen) atoms. The average molecular weight is 646 g/mol. The molecule has 0 spiro atoms. The molecule has 0 aliphatic carbocycles. The van der Waals surface area contributed by atoms with Crippen molar-refractivity contribution in [2.24, 2.45) is 0 Å². The Hall–Kier alpha value is -2.04. The first kappa shape index (κ1) is 35.8. The summed E-state index contributed by atoms with van der Waals surface area (Å²) >= 11 is 3.86. The third kappa shape index (κ3) is 12.2. The molecule has 1 aliphatic rings. The summed E-state index contributed by atoms with van der Waals surface area (Å²) in [5, 5.41) is 2.73. The first-order valence-electron chi connectivity index (χ1n) is 18.7. The summed E-state index contributed by atoms with van der Waals surface area (Å²) in [4.78, 5) is 3.96. The molecule has 0 saturated carbocycles. The molecule has 0 bridgehead atoms. The molecule has 2 aromatic carbocycles. The molecule has 246 valence electrons. The Kier molecular flexibility index (Phi) is 17.3. The molecule has 2 heterocycles. The number of nitrogens with zero attached hydrogens (tertiary/aromatic N) is 2. The van der Waals surface area contributed by atoms with Gasteiger partial charge in [-0.2, -0.15) is 4.57 Å². The van der Waals surface area contributed by atoms with E-state index in [0.717, 1.165) is 13.1 Å². The number of benzene rings is 2. The normalized spacial score (nSPS) is 14.0. The minimum atomic E-state index is 1.11. The van der Waals surface area contributed by atoms with Crippen molar-refractivity contribution in [1.29, 1.82) is 0 Å². The molecular weight excluding hydrogens is 585 g/mol. The monoisotopic (exact) mass is 645 g/mol. The zero-order chi connectivity index (χ0) is 31.4. The van der Waals surface area contributed by atoms with Gasteiger partial charge in [0.15, 0.2) is 6.54 Å². The van der Waals surface area contributed by atoms with Crippen molar-refractivity contribution in [3.05, 3.63) is 70.7 Å². The lowest BCUT2D eigenvalue weighted by atomic mass is 10.1. The number of aryl methyl sites for hydroxylation is 1. The molecule has 0 unspecified atom stereocenters. The van der Waals surface area contributed by atoms with Crippen molar-refractivity contribution in [3.8, 4) is 0 Å². The van der Waals surface area contributed by atoms with Crippen LogP contribution in [0.1, 0.15) is 147 Å². The molecule has 1 aliphatic heterocycles. The topological polar surface area (TPSA) is 7.12 Å². The highest BCUT2D eigenvalue weighted by Gasteiger charge is 2.24. The van der Waals surface area contributed by atoms with Crippen LogP contribution in [0, 0.1) is 0 Å². The van der Waals surface area contributed by atoms with Gasteiger partial charge in [0.05, 0.1) is 10.7 Å². The van der Waals surface area contributed by atoms with Crippen LogP contribution in [0.15, 0.2) is 70.6 Å². The zero-order valence-electron chi connectivity index (χ0n) is 28.6. The maximum absolute atomic E-state index is 2.57. The number of fused-ring (bicyclic) bond motifs is 2. The predicted molar refractivity (Wildman–Crippen MR) is 202 cm³/mol. The van der Waals surface area contributed by atoms with Gasteiger partial charge in [-0.15, -0.1) is 0 Å². The molecule has 3 aromatic rings. The smallest absolute Gasteiger partial charge is 0.262 e. The third-order valence-electron chi connectivity index (χ3n) is 9.22.